The number of carbonyl (C=O) groups is 1. The van der Waals surface area contributed by atoms with Crippen molar-refractivity contribution in [3.63, 3.8) is 0 Å². The standard InChI is InChI=1S/C30H34BrFN2O2/c1-21(2)30(35)33-27-5-3-4-24(20-27)22-14-17-34(18-15-22)19-16-29(23-6-10-26(32)11-7-23)36-28-12-8-25(31)9-13-28/h3-13,20-22,29H,14-19H2,1-2H3,(H,33,35). The summed E-state index contributed by atoms with van der Waals surface area (Å²) < 4.78 is 20.9. The highest BCUT2D eigenvalue weighted by molar-refractivity contribution is 9.10. The van der Waals surface area contributed by atoms with Gasteiger partial charge in [0.2, 0.25) is 5.91 Å². The third-order valence-electron chi connectivity index (χ3n) is 6.78. The average Bonchev–Trinajstić information content (AvgIpc) is 2.88. The quantitative estimate of drug-likeness (QED) is 0.297. The molecular formula is C30H34BrFN2O2. The summed E-state index contributed by atoms with van der Waals surface area (Å²) >= 11 is 3.47. The molecule has 0 aliphatic carbocycles. The van der Waals surface area contributed by atoms with Gasteiger partial charge in [0, 0.05) is 29.0 Å². The Morgan fingerprint density at radius 3 is 2.42 bits per heavy atom. The number of amides is 1. The first kappa shape index (κ1) is 26.4. The molecule has 3 aromatic rings. The van der Waals surface area contributed by atoms with Gasteiger partial charge in [0.1, 0.15) is 17.7 Å². The predicted octanol–water partition coefficient (Wildman–Crippen LogP) is 7.57. The van der Waals surface area contributed by atoms with Crippen molar-refractivity contribution in [2.24, 2.45) is 5.92 Å². The summed E-state index contributed by atoms with van der Waals surface area (Å²) in [4.78, 5) is 14.6. The van der Waals surface area contributed by atoms with Crippen molar-refractivity contribution in [3.8, 4) is 5.75 Å². The molecule has 4 nitrogen and oxygen atoms in total. The van der Waals surface area contributed by atoms with Crippen LogP contribution < -0.4 is 10.1 Å². The highest BCUT2D eigenvalue weighted by Gasteiger charge is 2.23. The van der Waals surface area contributed by atoms with Gasteiger partial charge in [0.25, 0.3) is 0 Å². The number of benzene rings is 3. The number of piperidine rings is 1. The lowest BCUT2D eigenvalue weighted by molar-refractivity contribution is -0.118. The van der Waals surface area contributed by atoms with Gasteiger partial charge >= 0.3 is 0 Å². The van der Waals surface area contributed by atoms with Gasteiger partial charge in [-0.25, -0.2) is 4.39 Å². The normalized spacial score (nSPS) is 15.6. The van der Waals surface area contributed by atoms with E-state index >= 15 is 0 Å². The molecule has 1 amide bonds. The number of likely N-dealkylation sites (tertiary alicyclic amines) is 1. The Bertz CT molecular complexity index is 1130. The second-order valence-electron chi connectivity index (χ2n) is 9.79. The smallest absolute Gasteiger partial charge is 0.226 e. The van der Waals surface area contributed by atoms with Gasteiger partial charge in [-0.2, -0.15) is 0 Å². The zero-order valence-corrected chi connectivity index (χ0v) is 22.5. The van der Waals surface area contributed by atoms with Crippen molar-refractivity contribution in [2.75, 3.05) is 25.0 Å². The summed E-state index contributed by atoms with van der Waals surface area (Å²) in [6.45, 7) is 6.75. The number of halogens is 2. The van der Waals surface area contributed by atoms with Crippen LogP contribution in [0.1, 0.15) is 56.3 Å². The van der Waals surface area contributed by atoms with Crippen LogP contribution in [-0.4, -0.2) is 30.4 Å². The lowest BCUT2D eigenvalue weighted by atomic mass is 9.89. The van der Waals surface area contributed by atoms with Crippen molar-refractivity contribution in [2.45, 2.75) is 45.1 Å². The molecule has 1 atom stereocenters. The summed E-state index contributed by atoms with van der Waals surface area (Å²) in [7, 11) is 0. The van der Waals surface area contributed by atoms with Gasteiger partial charge in [0.15, 0.2) is 0 Å². The van der Waals surface area contributed by atoms with E-state index in [0.717, 1.165) is 60.4 Å². The Balaban J connectivity index is 1.34. The third kappa shape index (κ3) is 7.40. The lowest BCUT2D eigenvalue weighted by Crippen LogP contribution is -2.34. The van der Waals surface area contributed by atoms with Crippen LogP contribution in [0.25, 0.3) is 0 Å². The largest absolute Gasteiger partial charge is 0.486 e. The van der Waals surface area contributed by atoms with Crippen LogP contribution >= 0.6 is 15.9 Å². The van der Waals surface area contributed by atoms with Gasteiger partial charge in [-0.1, -0.05) is 54.0 Å². The first-order valence-corrected chi connectivity index (χ1v) is 13.5. The minimum atomic E-state index is -0.240. The van der Waals surface area contributed by atoms with Crippen LogP contribution in [-0.2, 0) is 4.79 Å². The molecule has 36 heavy (non-hydrogen) atoms. The number of nitrogens with zero attached hydrogens (tertiary/aromatic N) is 1. The molecule has 0 bridgehead atoms. The Labute approximate surface area is 222 Å². The molecule has 1 heterocycles. The molecule has 1 unspecified atom stereocenters. The number of rotatable bonds is 9. The molecule has 1 N–H and O–H groups in total. The lowest BCUT2D eigenvalue weighted by Gasteiger charge is -2.33. The van der Waals surface area contributed by atoms with E-state index in [1.807, 2.05) is 62.4 Å². The highest BCUT2D eigenvalue weighted by atomic mass is 79.9. The molecule has 190 valence electrons. The number of hydrogen-bond donors (Lipinski definition) is 1. The maximum absolute atomic E-state index is 13.5. The fourth-order valence-corrected chi connectivity index (χ4v) is 4.86. The molecule has 0 radical (unpaired) electrons. The van der Waals surface area contributed by atoms with Crippen LogP contribution in [0.4, 0.5) is 10.1 Å². The van der Waals surface area contributed by atoms with E-state index in [1.165, 1.54) is 17.7 Å². The number of hydrogen-bond acceptors (Lipinski definition) is 3. The molecule has 1 saturated heterocycles. The third-order valence-corrected chi connectivity index (χ3v) is 7.31. The first-order valence-electron chi connectivity index (χ1n) is 12.7. The number of nitrogens with one attached hydrogen (secondary N) is 1. The summed E-state index contributed by atoms with van der Waals surface area (Å²) in [5.74, 6) is 1.06. The maximum Gasteiger partial charge on any atom is 0.226 e. The van der Waals surface area contributed by atoms with Gasteiger partial charge in [-0.15, -0.1) is 0 Å². The molecule has 0 aromatic heterocycles. The monoisotopic (exact) mass is 552 g/mol. The van der Waals surface area contributed by atoms with Crippen LogP contribution in [0.2, 0.25) is 0 Å². The Morgan fingerprint density at radius 1 is 1.06 bits per heavy atom. The maximum atomic E-state index is 13.5. The Morgan fingerprint density at radius 2 is 1.75 bits per heavy atom. The zero-order chi connectivity index (χ0) is 25.5. The molecule has 0 spiro atoms. The molecule has 1 fully saturated rings. The van der Waals surface area contributed by atoms with Crippen molar-refractivity contribution in [3.05, 3.63) is 94.2 Å². The minimum Gasteiger partial charge on any atom is -0.486 e. The average molecular weight is 554 g/mol. The fraction of sp³-hybridized carbons (Fsp3) is 0.367. The molecule has 4 rings (SSSR count). The van der Waals surface area contributed by atoms with E-state index in [0.29, 0.717) is 5.92 Å². The molecular weight excluding hydrogens is 519 g/mol. The van der Waals surface area contributed by atoms with Crippen molar-refractivity contribution < 1.29 is 13.9 Å². The topological polar surface area (TPSA) is 41.6 Å². The summed E-state index contributed by atoms with van der Waals surface area (Å²) in [5.41, 5.74) is 3.15. The molecule has 0 saturated carbocycles. The van der Waals surface area contributed by atoms with Gasteiger partial charge in [0.05, 0.1) is 0 Å². The van der Waals surface area contributed by atoms with E-state index in [2.05, 4.69) is 38.3 Å². The van der Waals surface area contributed by atoms with E-state index < -0.39 is 0 Å². The molecule has 6 heteroatoms. The van der Waals surface area contributed by atoms with Crippen LogP contribution in [0, 0.1) is 11.7 Å². The summed E-state index contributed by atoms with van der Waals surface area (Å²) in [6.07, 6.45) is 2.83. The highest BCUT2D eigenvalue weighted by Crippen LogP contribution is 2.31. The van der Waals surface area contributed by atoms with Crippen LogP contribution in [0.3, 0.4) is 0 Å². The molecule has 1 aliphatic rings. The Hall–Kier alpha value is -2.70. The minimum absolute atomic E-state index is 0.0385. The number of carbonyl (C=O) groups excluding carboxylic acids is 1. The molecule has 3 aromatic carbocycles. The van der Waals surface area contributed by atoms with Crippen molar-refractivity contribution in [1.29, 1.82) is 0 Å². The van der Waals surface area contributed by atoms with Crippen LogP contribution in [0.5, 0.6) is 5.75 Å². The van der Waals surface area contributed by atoms with Crippen molar-refractivity contribution in [1.82, 2.24) is 4.90 Å². The number of ether oxygens (including phenoxy) is 1. The fourth-order valence-electron chi connectivity index (χ4n) is 4.60. The summed E-state index contributed by atoms with van der Waals surface area (Å²) in [5, 5.41) is 3.02. The summed E-state index contributed by atoms with van der Waals surface area (Å²) in [6, 6.07) is 22.7. The predicted molar refractivity (Wildman–Crippen MR) is 147 cm³/mol. The zero-order valence-electron chi connectivity index (χ0n) is 20.9. The SMILES string of the molecule is CC(C)C(=O)Nc1cccc(C2CCN(CCC(Oc3ccc(Br)cc3)c3ccc(F)cc3)CC2)c1. The van der Waals surface area contributed by atoms with Crippen molar-refractivity contribution >= 4 is 27.5 Å². The van der Waals surface area contributed by atoms with E-state index in [4.69, 9.17) is 4.74 Å². The van der Waals surface area contributed by atoms with E-state index in [9.17, 15) is 9.18 Å². The van der Waals surface area contributed by atoms with Crippen LogP contribution in [0.15, 0.2) is 77.3 Å². The van der Waals surface area contributed by atoms with Gasteiger partial charge in [-0.05, 0) is 91.5 Å². The van der Waals surface area contributed by atoms with E-state index in [-0.39, 0.29) is 23.7 Å². The van der Waals surface area contributed by atoms with Gasteiger partial charge < -0.3 is 15.0 Å². The second kappa shape index (κ2) is 12.5. The van der Waals surface area contributed by atoms with E-state index in [1.54, 1.807) is 0 Å². The Kier molecular flexibility index (Phi) is 9.16. The molecule has 1 aliphatic heterocycles. The second-order valence-corrected chi connectivity index (χ2v) is 10.7. The van der Waals surface area contributed by atoms with Gasteiger partial charge in [-0.3, -0.25) is 4.79 Å². The first-order chi connectivity index (χ1) is 17.4. The number of anilines is 1.